The van der Waals surface area contributed by atoms with Gasteiger partial charge in [-0.1, -0.05) is 0 Å². The largest absolute Gasteiger partial charge is 0.445 e. The predicted octanol–water partition coefficient (Wildman–Crippen LogP) is 0.870. The van der Waals surface area contributed by atoms with Crippen molar-refractivity contribution in [2.75, 3.05) is 18.1 Å². The molecule has 112 valence electrons. The van der Waals surface area contributed by atoms with Crippen LogP contribution >= 0.6 is 0 Å². The molecule has 1 amide bonds. The standard InChI is InChI=1S/C13H20N2O4S/c1-4-15(11-5-6-20(17,18)8-11)13(16)7-12-9(2)14-10(3)19-12/h11H,4-8H2,1-3H3. The molecule has 1 aromatic rings. The van der Waals surface area contributed by atoms with Gasteiger partial charge >= 0.3 is 0 Å². The number of hydrogen-bond acceptors (Lipinski definition) is 5. The molecule has 0 aromatic carbocycles. The number of nitrogens with zero attached hydrogens (tertiary/aromatic N) is 2. The summed E-state index contributed by atoms with van der Waals surface area (Å²) in [5.41, 5.74) is 0.714. The molecule has 0 radical (unpaired) electrons. The number of amides is 1. The Morgan fingerprint density at radius 2 is 2.15 bits per heavy atom. The first-order valence-electron chi connectivity index (χ1n) is 6.75. The second kappa shape index (κ2) is 5.55. The Labute approximate surface area is 119 Å². The molecule has 2 heterocycles. The summed E-state index contributed by atoms with van der Waals surface area (Å²) in [6, 6.07) is -0.207. The molecule has 1 saturated heterocycles. The normalized spacial score (nSPS) is 21.1. The van der Waals surface area contributed by atoms with Crippen LogP contribution in [0.5, 0.6) is 0 Å². The Kier molecular flexibility index (Phi) is 4.17. The van der Waals surface area contributed by atoms with E-state index in [1.165, 1.54) is 0 Å². The Morgan fingerprint density at radius 3 is 2.60 bits per heavy atom. The molecule has 6 nitrogen and oxygen atoms in total. The summed E-state index contributed by atoms with van der Waals surface area (Å²) >= 11 is 0. The first-order chi connectivity index (χ1) is 9.32. The minimum atomic E-state index is -2.99. The summed E-state index contributed by atoms with van der Waals surface area (Å²) in [5, 5.41) is 0. The highest BCUT2D eigenvalue weighted by Gasteiger charge is 2.34. The van der Waals surface area contributed by atoms with Crippen LogP contribution < -0.4 is 0 Å². The Balaban J connectivity index is 2.08. The van der Waals surface area contributed by atoms with Crippen molar-refractivity contribution < 1.29 is 17.6 Å². The number of likely N-dealkylation sites (N-methyl/N-ethyl adjacent to an activating group) is 1. The fourth-order valence-electron chi connectivity index (χ4n) is 2.64. The third kappa shape index (κ3) is 3.20. The second-order valence-electron chi connectivity index (χ2n) is 5.15. The maximum Gasteiger partial charge on any atom is 0.230 e. The molecule has 7 heteroatoms. The van der Waals surface area contributed by atoms with Crippen LogP contribution in [0.2, 0.25) is 0 Å². The maximum atomic E-state index is 12.3. The summed E-state index contributed by atoms with van der Waals surface area (Å²) in [6.07, 6.45) is 0.660. The molecule has 20 heavy (non-hydrogen) atoms. The van der Waals surface area contributed by atoms with Crippen LogP contribution in [0.1, 0.15) is 30.7 Å². The fourth-order valence-corrected chi connectivity index (χ4v) is 4.37. The summed E-state index contributed by atoms with van der Waals surface area (Å²) in [5.74, 6) is 1.24. The van der Waals surface area contributed by atoms with Crippen molar-refractivity contribution >= 4 is 15.7 Å². The summed E-state index contributed by atoms with van der Waals surface area (Å²) in [4.78, 5) is 18.1. The van der Waals surface area contributed by atoms with Gasteiger partial charge in [-0.25, -0.2) is 13.4 Å². The van der Waals surface area contributed by atoms with Gasteiger partial charge in [0, 0.05) is 19.5 Å². The van der Waals surface area contributed by atoms with Crippen molar-refractivity contribution in [2.24, 2.45) is 0 Å². The van der Waals surface area contributed by atoms with E-state index in [2.05, 4.69) is 4.98 Å². The number of aromatic nitrogens is 1. The van der Waals surface area contributed by atoms with Crippen LogP contribution in [0, 0.1) is 13.8 Å². The molecule has 1 aliphatic rings. The third-order valence-electron chi connectivity index (χ3n) is 3.62. The lowest BCUT2D eigenvalue weighted by molar-refractivity contribution is -0.132. The zero-order chi connectivity index (χ0) is 14.9. The smallest absolute Gasteiger partial charge is 0.230 e. The van der Waals surface area contributed by atoms with Crippen LogP contribution in [-0.4, -0.2) is 48.3 Å². The molecular weight excluding hydrogens is 280 g/mol. The van der Waals surface area contributed by atoms with Crippen LogP contribution in [0.3, 0.4) is 0 Å². The summed E-state index contributed by atoms with van der Waals surface area (Å²) in [6.45, 7) is 5.91. The Bertz CT molecular complexity index is 606. The van der Waals surface area contributed by atoms with E-state index in [1.807, 2.05) is 6.92 Å². The summed E-state index contributed by atoms with van der Waals surface area (Å²) in [7, 11) is -2.99. The summed E-state index contributed by atoms with van der Waals surface area (Å²) < 4.78 is 28.5. The molecule has 1 atom stereocenters. The van der Waals surface area contributed by atoms with Crippen molar-refractivity contribution in [3.63, 3.8) is 0 Å². The minimum Gasteiger partial charge on any atom is -0.445 e. The van der Waals surface area contributed by atoms with Crippen LogP contribution in [0.4, 0.5) is 0 Å². The van der Waals surface area contributed by atoms with Gasteiger partial charge in [0.2, 0.25) is 5.91 Å². The Morgan fingerprint density at radius 1 is 1.45 bits per heavy atom. The van der Waals surface area contributed by atoms with E-state index in [0.717, 1.165) is 0 Å². The molecule has 1 unspecified atom stereocenters. The highest BCUT2D eigenvalue weighted by Crippen LogP contribution is 2.19. The first kappa shape index (κ1) is 15.0. The maximum absolute atomic E-state index is 12.3. The molecule has 2 rings (SSSR count). The highest BCUT2D eigenvalue weighted by molar-refractivity contribution is 7.91. The highest BCUT2D eigenvalue weighted by atomic mass is 32.2. The second-order valence-corrected chi connectivity index (χ2v) is 7.38. The van der Waals surface area contributed by atoms with Gasteiger partial charge < -0.3 is 9.32 Å². The zero-order valence-corrected chi connectivity index (χ0v) is 12.9. The van der Waals surface area contributed by atoms with Gasteiger partial charge in [-0.2, -0.15) is 0 Å². The van der Waals surface area contributed by atoms with E-state index in [0.29, 0.717) is 30.3 Å². The molecule has 0 N–H and O–H groups in total. The molecule has 1 fully saturated rings. The molecule has 1 aromatic heterocycles. The van der Waals surface area contributed by atoms with E-state index in [-0.39, 0.29) is 29.9 Å². The third-order valence-corrected chi connectivity index (χ3v) is 5.37. The topological polar surface area (TPSA) is 80.5 Å². The lowest BCUT2D eigenvalue weighted by Crippen LogP contribution is -2.41. The van der Waals surface area contributed by atoms with Gasteiger partial charge in [0.05, 0.1) is 23.6 Å². The van der Waals surface area contributed by atoms with Gasteiger partial charge in [0.25, 0.3) is 0 Å². The number of sulfone groups is 1. The number of carbonyl (C=O) groups is 1. The van der Waals surface area contributed by atoms with Gasteiger partial charge in [0.1, 0.15) is 5.76 Å². The number of rotatable bonds is 4. The number of aryl methyl sites for hydroxylation is 2. The van der Waals surface area contributed by atoms with E-state index in [1.54, 1.807) is 18.7 Å². The predicted molar refractivity (Wildman–Crippen MR) is 74.1 cm³/mol. The minimum absolute atomic E-state index is 0.0704. The first-order valence-corrected chi connectivity index (χ1v) is 8.57. The quantitative estimate of drug-likeness (QED) is 0.824. The van der Waals surface area contributed by atoms with Gasteiger partial charge in [-0.05, 0) is 20.3 Å². The van der Waals surface area contributed by atoms with Crippen molar-refractivity contribution in [2.45, 2.75) is 39.7 Å². The average Bonchev–Trinajstić information content (AvgIpc) is 2.83. The molecule has 0 bridgehead atoms. The lowest BCUT2D eigenvalue weighted by atomic mass is 10.2. The van der Waals surface area contributed by atoms with Crippen molar-refractivity contribution in [1.29, 1.82) is 0 Å². The number of carbonyl (C=O) groups excluding carboxylic acids is 1. The van der Waals surface area contributed by atoms with Crippen molar-refractivity contribution in [3.8, 4) is 0 Å². The molecule has 0 aliphatic carbocycles. The molecule has 1 aliphatic heterocycles. The van der Waals surface area contributed by atoms with E-state index >= 15 is 0 Å². The van der Waals surface area contributed by atoms with Crippen molar-refractivity contribution in [1.82, 2.24) is 9.88 Å². The number of hydrogen-bond donors (Lipinski definition) is 0. The number of oxazole rings is 1. The monoisotopic (exact) mass is 300 g/mol. The van der Waals surface area contributed by atoms with E-state index in [9.17, 15) is 13.2 Å². The van der Waals surface area contributed by atoms with Crippen LogP contribution in [0.25, 0.3) is 0 Å². The van der Waals surface area contributed by atoms with Gasteiger partial charge in [-0.3, -0.25) is 4.79 Å². The van der Waals surface area contributed by atoms with E-state index < -0.39 is 9.84 Å². The van der Waals surface area contributed by atoms with Crippen LogP contribution in [0.15, 0.2) is 4.42 Å². The molecule has 0 spiro atoms. The molecular formula is C13H20N2O4S. The lowest BCUT2D eigenvalue weighted by Gasteiger charge is -2.26. The Hall–Kier alpha value is -1.37. The fraction of sp³-hybridized carbons (Fsp3) is 0.692. The van der Waals surface area contributed by atoms with Crippen molar-refractivity contribution in [3.05, 3.63) is 17.3 Å². The average molecular weight is 300 g/mol. The van der Waals surface area contributed by atoms with E-state index in [4.69, 9.17) is 4.42 Å². The zero-order valence-electron chi connectivity index (χ0n) is 12.0. The van der Waals surface area contributed by atoms with Gasteiger partial charge in [0.15, 0.2) is 15.7 Å². The molecule has 0 saturated carbocycles. The van der Waals surface area contributed by atoms with Crippen LogP contribution in [-0.2, 0) is 21.1 Å². The van der Waals surface area contributed by atoms with Gasteiger partial charge in [-0.15, -0.1) is 0 Å². The SMILES string of the molecule is CCN(C(=O)Cc1oc(C)nc1C)C1CCS(=O)(=O)C1.